The number of sulfonamides is 1. The van der Waals surface area contributed by atoms with Crippen LogP contribution in [0.4, 0.5) is 0 Å². The number of hydrogen-bond acceptors (Lipinski definition) is 5. The van der Waals surface area contributed by atoms with E-state index in [1.165, 1.54) is 21.3 Å². The minimum absolute atomic E-state index is 0.0344. The van der Waals surface area contributed by atoms with Crippen LogP contribution in [-0.4, -0.2) is 73.5 Å². The summed E-state index contributed by atoms with van der Waals surface area (Å²) in [5.41, 5.74) is 0.0938. The Morgan fingerprint density at radius 2 is 1.85 bits per heavy atom. The van der Waals surface area contributed by atoms with Gasteiger partial charge in [-0.3, -0.25) is 9.59 Å². The molecule has 0 radical (unpaired) electrons. The molecule has 9 heteroatoms. The van der Waals surface area contributed by atoms with Gasteiger partial charge in [0.25, 0.3) is 5.91 Å². The van der Waals surface area contributed by atoms with Gasteiger partial charge in [-0.25, -0.2) is 8.42 Å². The predicted molar refractivity (Wildman–Crippen MR) is 92.3 cm³/mol. The Labute approximate surface area is 152 Å². The minimum Gasteiger partial charge on any atom is -0.481 e. The van der Waals surface area contributed by atoms with Crippen LogP contribution < -0.4 is 0 Å². The fourth-order valence-corrected chi connectivity index (χ4v) is 5.06. The van der Waals surface area contributed by atoms with Gasteiger partial charge in [-0.1, -0.05) is 12.1 Å². The van der Waals surface area contributed by atoms with E-state index in [1.54, 1.807) is 12.1 Å². The lowest BCUT2D eigenvalue weighted by Crippen LogP contribution is -2.42. The summed E-state index contributed by atoms with van der Waals surface area (Å²) in [6.07, 6.45) is 1.18. The lowest BCUT2D eigenvalue weighted by Gasteiger charge is -2.28. The van der Waals surface area contributed by atoms with Gasteiger partial charge in [0, 0.05) is 25.7 Å². The van der Waals surface area contributed by atoms with E-state index in [1.807, 2.05) is 0 Å². The van der Waals surface area contributed by atoms with Crippen molar-refractivity contribution in [2.24, 2.45) is 0 Å². The van der Waals surface area contributed by atoms with E-state index in [2.05, 4.69) is 0 Å². The molecule has 3 rings (SSSR count). The Kier molecular flexibility index (Phi) is 5.59. The first kappa shape index (κ1) is 18.8. The van der Waals surface area contributed by atoms with Crippen LogP contribution >= 0.6 is 0 Å². The van der Waals surface area contributed by atoms with Crippen molar-refractivity contribution in [3.05, 3.63) is 29.8 Å². The van der Waals surface area contributed by atoms with Crippen molar-refractivity contribution in [2.75, 3.05) is 32.8 Å². The highest BCUT2D eigenvalue weighted by atomic mass is 32.2. The predicted octanol–water partition coefficient (Wildman–Crippen LogP) is 0.787. The molecule has 2 fully saturated rings. The highest BCUT2D eigenvalue weighted by Crippen LogP contribution is 2.27. The monoisotopic (exact) mass is 382 g/mol. The highest BCUT2D eigenvalue weighted by molar-refractivity contribution is 7.89. The Morgan fingerprint density at radius 3 is 2.54 bits per heavy atom. The lowest BCUT2D eigenvalue weighted by atomic mass is 10.1. The van der Waals surface area contributed by atoms with Gasteiger partial charge in [0.1, 0.15) is 0 Å². The summed E-state index contributed by atoms with van der Waals surface area (Å²) in [6.45, 7) is 1.57. The van der Waals surface area contributed by atoms with Gasteiger partial charge in [0.2, 0.25) is 10.0 Å². The largest absolute Gasteiger partial charge is 0.481 e. The van der Waals surface area contributed by atoms with E-state index >= 15 is 0 Å². The van der Waals surface area contributed by atoms with E-state index in [4.69, 9.17) is 9.84 Å². The average molecular weight is 382 g/mol. The van der Waals surface area contributed by atoms with Gasteiger partial charge in [-0.05, 0) is 25.0 Å². The third-order valence-corrected chi connectivity index (χ3v) is 6.71. The summed E-state index contributed by atoms with van der Waals surface area (Å²) in [4.78, 5) is 25.5. The van der Waals surface area contributed by atoms with Crippen molar-refractivity contribution in [2.45, 2.75) is 30.2 Å². The van der Waals surface area contributed by atoms with Crippen LogP contribution in [0, 0.1) is 0 Å². The van der Waals surface area contributed by atoms with Crippen molar-refractivity contribution in [1.82, 2.24) is 9.21 Å². The Morgan fingerprint density at radius 1 is 1.15 bits per heavy atom. The summed E-state index contributed by atoms with van der Waals surface area (Å²) in [6, 6.07) is 5.72. The third-order valence-electron chi connectivity index (χ3n) is 4.75. The van der Waals surface area contributed by atoms with Crippen molar-refractivity contribution < 1.29 is 27.9 Å². The summed E-state index contributed by atoms with van der Waals surface area (Å²) in [7, 11) is -3.82. The number of aliphatic carboxylic acids is 1. The first-order valence-electron chi connectivity index (χ1n) is 8.61. The molecule has 0 aliphatic carbocycles. The van der Waals surface area contributed by atoms with E-state index in [9.17, 15) is 18.0 Å². The normalized spacial score (nSPS) is 21.7. The quantitative estimate of drug-likeness (QED) is 0.807. The van der Waals surface area contributed by atoms with Gasteiger partial charge in [-0.15, -0.1) is 0 Å². The van der Waals surface area contributed by atoms with Gasteiger partial charge in [0.15, 0.2) is 0 Å². The van der Waals surface area contributed by atoms with Crippen molar-refractivity contribution in [3.63, 3.8) is 0 Å². The molecule has 1 aromatic carbocycles. The number of morpholine rings is 1. The molecular weight excluding hydrogens is 360 g/mol. The fraction of sp³-hybridized carbons (Fsp3) is 0.529. The number of ether oxygens (including phenoxy) is 1. The molecule has 0 saturated carbocycles. The van der Waals surface area contributed by atoms with Crippen LogP contribution in [0.15, 0.2) is 29.2 Å². The Bertz CT molecular complexity index is 788. The standard InChI is InChI=1S/C17H22N2O6S/c20-16(21)12-13-4-3-7-19(13)17(22)14-5-1-2-6-15(14)26(23,24)18-8-10-25-11-9-18/h1-2,5-6,13H,3-4,7-12H2,(H,20,21). The summed E-state index contributed by atoms with van der Waals surface area (Å²) in [5.74, 6) is -1.40. The van der Waals surface area contributed by atoms with E-state index in [0.29, 0.717) is 32.6 Å². The van der Waals surface area contributed by atoms with E-state index in [0.717, 1.165) is 0 Å². The van der Waals surface area contributed by atoms with Gasteiger partial charge in [-0.2, -0.15) is 4.31 Å². The molecule has 1 atom stereocenters. The maximum atomic E-state index is 13.0. The van der Waals surface area contributed by atoms with Gasteiger partial charge >= 0.3 is 5.97 Å². The van der Waals surface area contributed by atoms with Crippen molar-refractivity contribution >= 4 is 21.9 Å². The zero-order valence-electron chi connectivity index (χ0n) is 14.3. The van der Waals surface area contributed by atoms with Crippen LogP contribution in [0.5, 0.6) is 0 Å². The molecule has 0 aromatic heterocycles. The maximum absolute atomic E-state index is 13.0. The highest BCUT2D eigenvalue weighted by Gasteiger charge is 2.35. The molecule has 2 aliphatic rings. The molecule has 1 amide bonds. The second kappa shape index (κ2) is 7.73. The molecule has 1 aromatic rings. The molecule has 1 unspecified atom stereocenters. The maximum Gasteiger partial charge on any atom is 0.305 e. The zero-order chi connectivity index (χ0) is 18.7. The molecular formula is C17H22N2O6S. The number of rotatable bonds is 5. The van der Waals surface area contributed by atoms with Crippen molar-refractivity contribution in [1.29, 1.82) is 0 Å². The molecule has 0 bridgehead atoms. The lowest BCUT2D eigenvalue weighted by molar-refractivity contribution is -0.137. The SMILES string of the molecule is O=C(O)CC1CCCN1C(=O)c1ccccc1S(=O)(=O)N1CCOCC1. The first-order valence-corrected chi connectivity index (χ1v) is 10.0. The van der Waals surface area contributed by atoms with Crippen LogP contribution in [0.25, 0.3) is 0 Å². The Hall–Kier alpha value is -1.97. The second-order valence-electron chi connectivity index (χ2n) is 6.41. The number of amides is 1. The van der Waals surface area contributed by atoms with Gasteiger partial charge < -0.3 is 14.7 Å². The molecule has 1 N–H and O–H groups in total. The fourth-order valence-electron chi connectivity index (χ4n) is 3.47. The molecule has 2 aliphatic heterocycles. The van der Waals surface area contributed by atoms with Crippen LogP contribution in [0.2, 0.25) is 0 Å². The molecule has 2 heterocycles. The van der Waals surface area contributed by atoms with E-state index in [-0.39, 0.29) is 30.0 Å². The third kappa shape index (κ3) is 3.74. The Balaban J connectivity index is 1.91. The van der Waals surface area contributed by atoms with Gasteiger partial charge in [0.05, 0.1) is 30.1 Å². The first-order chi connectivity index (χ1) is 12.4. The van der Waals surface area contributed by atoms with E-state index < -0.39 is 27.9 Å². The van der Waals surface area contributed by atoms with Crippen LogP contribution in [0.3, 0.4) is 0 Å². The zero-order valence-corrected chi connectivity index (χ0v) is 15.2. The number of benzene rings is 1. The number of hydrogen-bond donors (Lipinski definition) is 1. The number of carbonyl (C=O) groups is 2. The minimum atomic E-state index is -3.82. The molecule has 2 saturated heterocycles. The number of carboxylic acid groups (broad SMARTS) is 1. The molecule has 8 nitrogen and oxygen atoms in total. The molecule has 0 spiro atoms. The smallest absolute Gasteiger partial charge is 0.305 e. The summed E-state index contributed by atoms with van der Waals surface area (Å²) >= 11 is 0. The molecule has 142 valence electrons. The average Bonchev–Trinajstić information content (AvgIpc) is 3.09. The van der Waals surface area contributed by atoms with Crippen LogP contribution in [0.1, 0.15) is 29.6 Å². The number of likely N-dealkylation sites (tertiary alicyclic amines) is 1. The van der Waals surface area contributed by atoms with Crippen molar-refractivity contribution in [3.8, 4) is 0 Å². The number of nitrogens with zero attached hydrogens (tertiary/aromatic N) is 2. The summed E-state index contributed by atoms with van der Waals surface area (Å²) in [5, 5.41) is 9.05. The number of carboxylic acids is 1. The number of carbonyl (C=O) groups excluding carboxylic acids is 1. The van der Waals surface area contributed by atoms with Crippen LogP contribution in [-0.2, 0) is 19.6 Å². The second-order valence-corrected chi connectivity index (χ2v) is 8.31. The topological polar surface area (TPSA) is 104 Å². The molecule has 26 heavy (non-hydrogen) atoms. The summed E-state index contributed by atoms with van der Waals surface area (Å²) < 4.78 is 32.5.